The summed E-state index contributed by atoms with van der Waals surface area (Å²) in [4.78, 5) is 14.0. The molecule has 0 bridgehead atoms. The number of fused-ring (bicyclic) bond motifs is 1. The summed E-state index contributed by atoms with van der Waals surface area (Å²) in [5, 5.41) is 3.19. The van der Waals surface area contributed by atoms with Gasteiger partial charge < -0.3 is 5.32 Å². The maximum atomic E-state index is 4.79. The lowest BCUT2D eigenvalue weighted by molar-refractivity contribution is 0.652. The molecular weight excluding hydrogens is 262 g/mol. The number of nitrogens with zero attached hydrogens (tertiary/aromatic N) is 4. The minimum atomic E-state index is 0.902. The van der Waals surface area contributed by atoms with E-state index in [0.717, 1.165) is 48.7 Å². The van der Waals surface area contributed by atoms with Crippen LogP contribution in [0.5, 0.6) is 0 Å². The van der Waals surface area contributed by atoms with Crippen molar-refractivity contribution < 1.29 is 0 Å². The highest BCUT2D eigenvalue weighted by Crippen LogP contribution is 2.26. The number of rotatable bonds is 4. The SMILES string of the molecule is CCCc1nc(NC)c(C)c(-n2cnc3c2CCCC3)n1. The Balaban J connectivity index is 2.12. The average molecular weight is 285 g/mol. The van der Waals surface area contributed by atoms with Crippen molar-refractivity contribution in [1.29, 1.82) is 0 Å². The predicted molar refractivity (Wildman–Crippen MR) is 84.1 cm³/mol. The summed E-state index contributed by atoms with van der Waals surface area (Å²) >= 11 is 0. The van der Waals surface area contributed by atoms with Gasteiger partial charge in [-0.15, -0.1) is 0 Å². The summed E-state index contributed by atoms with van der Waals surface area (Å²) in [6, 6.07) is 0. The van der Waals surface area contributed by atoms with E-state index in [4.69, 9.17) is 4.98 Å². The number of hydrogen-bond acceptors (Lipinski definition) is 4. The van der Waals surface area contributed by atoms with Crippen LogP contribution in [-0.2, 0) is 19.3 Å². The Hall–Kier alpha value is -1.91. The van der Waals surface area contributed by atoms with Gasteiger partial charge in [-0.05, 0) is 39.0 Å². The van der Waals surface area contributed by atoms with Gasteiger partial charge in [0.1, 0.15) is 23.8 Å². The second kappa shape index (κ2) is 5.84. The van der Waals surface area contributed by atoms with Gasteiger partial charge >= 0.3 is 0 Å². The second-order valence-electron chi connectivity index (χ2n) is 5.65. The van der Waals surface area contributed by atoms with Gasteiger partial charge in [-0.3, -0.25) is 4.57 Å². The molecule has 0 fully saturated rings. The van der Waals surface area contributed by atoms with E-state index in [-0.39, 0.29) is 0 Å². The number of anilines is 1. The molecule has 112 valence electrons. The Morgan fingerprint density at radius 2 is 2.05 bits per heavy atom. The number of aromatic nitrogens is 4. The third-order valence-corrected chi connectivity index (χ3v) is 4.14. The highest BCUT2D eigenvalue weighted by atomic mass is 15.2. The number of hydrogen-bond donors (Lipinski definition) is 1. The van der Waals surface area contributed by atoms with Crippen molar-refractivity contribution in [2.75, 3.05) is 12.4 Å². The summed E-state index contributed by atoms with van der Waals surface area (Å²) in [5.74, 6) is 2.80. The molecule has 0 unspecified atom stereocenters. The molecule has 0 aliphatic heterocycles. The third kappa shape index (κ3) is 2.52. The number of imidazole rings is 1. The molecule has 5 nitrogen and oxygen atoms in total. The van der Waals surface area contributed by atoms with Gasteiger partial charge in [-0.25, -0.2) is 15.0 Å². The minimum Gasteiger partial charge on any atom is -0.373 e. The molecule has 2 aromatic rings. The van der Waals surface area contributed by atoms with Crippen molar-refractivity contribution in [3.05, 3.63) is 29.1 Å². The fraction of sp³-hybridized carbons (Fsp3) is 0.562. The van der Waals surface area contributed by atoms with Crippen LogP contribution in [-0.4, -0.2) is 26.6 Å². The Morgan fingerprint density at radius 3 is 2.81 bits per heavy atom. The van der Waals surface area contributed by atoms with E-state index in [0.29, 0.717) is 0 Å². The first kappa shape index (κ1) is 14.0. The summed E-state index contributed by atoms with van der Waals surface area (Å²) in [7, 11) is 1.91. The van der Waals surface area contributed by atoms with Gasteiger partial charge in [0.25, 0.3) is 0 Å². The van der Waals surface area contributed by atoms with Crippen molar-refractivity contribution in [2.45, 2.75) is 52.4 Å². The molecule has 1 aliphatic rings. The van der Waals surface area contributed by atoms with E-state index in [1.165, 1.54) is 24.2 Å². The third-order valence-electron chi connectivity index (χ3n) is 4.14. The molecule has 1 aliphatic carbocycles. The Bertz CT molecular complexity index is 644. The average Bonchev–Trinajstić information content (AvgIpc) is 2.93. The molecule has 21 heavy (non-hydrogen) atoms. The Labute approximate surface area is 125 Å². The predicted octanol–water partition coefficient (Wildman–Crippen LogP) is 2.84. The molecule has 5 heteroatoms. The highest BCUT2D eigenvalue weighted by molar-refractivity contribution is 5.52. The van der Waals surface area contributed by atoms with Gasteiger partial charge in [0, 0.05) is 24.7 Å². The first-order chi connectivity index (χ1) is 10.2. The van der Waals surface area contributed by atoms with E-state index in [1.807, 2.05) is 13.4 Å². The topological polar surface area (TPSA) is 55.6 Å². The molecule has 0 aromatic carbocycles. The van der Waals surface area contributed by atoms with Crippen LogP contribution in [0.2, 0.25) is 0 Å². The van der Waals surface area contributed by atoms with Gasteiger partial charge in [0.2, 0.25) is 0 Å². The van der Waals surface area contributed by atoms with E-state index in [1.54, 1.807) is 0 Å². The normalized spacial score (nSPS) is 14.0. The zero-order chi connectivity index (χ0) is 14.8. The summed E-state index contributed by atoms with van der Waals surface area (Å²) in [6.45, 7) is 4.23. The van der Waals surface area contributed by atoms with Crippen LogP contribution in [0.4, 0.5) is 5.82 Å². The maximum Gasteiger partial charge on any atom is 0.146 e. The molecule has 0 radical (unpaired) electrons. The number of aryl methyl sites for hydroxylation is 2. The monoisotopic (exact) mass is 285 g/mol. The van der Waals surface area contributed by atoms with Crippen LogP contribution in [0.15, 0.2) is 6.33 Å². The molecule has 1 N–H and O–H groups in total. The van der Waals surface area contributed by atoms with E-state index < -0.39 is 0 Å². The first-order valence-electron chi connectivity index (χ1n) is 7.85. The molecule has 3 rings (SSSR count). The summed E-state index contributed by atoms with van der Waals surface area (Å²) in [5.41, 5.74) is 3.65. The molecule has 0 saturated heterocycles. The fourth-order valence-corrected chi connectivity index (χ4v) is 3.01. The fourth-order valence-electron chi connectivity index (χ4n) is 3.01. The molecule has 0 atom stereocenters. The van der Waals surface area contributed by atoms with Crippen molar-refractivity contribution in [3.63, 3.8) is 0 Å². The van der Waals surface area contributed by atoms with E-state index in [9.17, 15) is 0 Å². The quantitative estimate of drug-likeness (QED) is 0.938. The zero-order valence-electron chi connectivity index (χ0n) is 13.1. The largest absolute Gasteiger partial charge is 0.373 e. The molecule has 2 heterocycles. The smallest absolute Gasteiger partial charge is 0.146 e. The van der Waals surface area contributed by atoms with Crippen LogP contribution in [0, 0.1) is 6.92 Å². The van der Waals surface area contributed by atoms with Gasteiger partial charge in [-0.1, -0.05) is 6.92 Å². The lowest BCUT2D eigenvalue weighted by atomic mass is 10.0. The van der Waals surface area contributed by atoms with Gasteiger partial charge in [0.05, 0.1) is 5.69 Å². The van der Waals surface area contributed by atoms with Gasteiger partial charge in [0.15, 0.2) is 0 Å². The van der Waals surface area contributed by atoms with Crippen LogP contribution < -0.4 is 5.32 Å². The minimum absolute atomic E-state index is 0.902. The van der Waals surface area contributed by atoms with Gasteiger partial charge in [-0.2, -0.15) is 0 Å². The molecule has 0 spiro atoms. The van der Waals surface area contributed by atoms with Crippen molar-refractivity contribution in [2.24, 2.45) is 0 Å². The van der Waals surface area contributed by atoms with E-state index >= 15 is 0 Å². The number of nitrogens with one attached hydrogen (secondary N) is 1. The molecule has 0 saturated carbocycles. The van der Waals surface area contributed by atoms with Crippen molar-refractivity contribution in [1.82, 2.24) is 19.5 Å². The zero-order valence-corrected chi connectivity index (χ0v) is 13.1. The lowest BCUT2D eigenvalue weighted by Crippen LogP contribution is -2.12. The van der Waals surface area contributed by atoms with Crippen molar-refractivity contribution in [3.8, 4) is 5.82 Å². The van der Waals surface area contributed by atoms with Crippen LogP contribution >= 0.6 is 0 Å². The van der Waals surface area contributed by atoms with Crippen LogP contribution in [0.25, 0.3) is 5.82 Å². The standard InChI is InChI=1S/C16H23N5/c1-4-7-14-19-15(17-3)11(2)16(20-14)21-10-18-12-8-5-6-9-13(12)21/h10H,4-9H2,1-3H3,(H,17,19,20). The highest BCUT2D eigenvalue weighted by Gasteiger charge is 2.19. The lowest BCUT2D eigenvalue weighted by Gasteiger charge is -2.17. The van der Waals surface area contributed by atoms with Crippen LogP contribution in [0.3, 0.4) is 0 Å². The van der Waals surface area contributed by atoms with Crippen LogP contribution in [0.1, 0.15) is 49.0 Å². The maximum absolute atomic E-state index is 4.79. The molecule has 0 amide bonds. The second-order valence-corrected chi connectivity index (χ2v) is 5.65. The Kier molecular flexibility index (Phi) is 3.90. The first-order valence-corrected chi connectivity index (χ1v) is 7.85. The molecular formula is C16H23N5. The van der Waals surface area contributed by atoms with Crippen molar-refractivity contribution >= 4 is 5.82 Å². The summed E-state index contributed by atoms with van der Waals surface area (Å²) in [6.07, 6.45) is 8.55. The van der Waals surface area contributed by atoms with E-state index in [2.05, 4.69) is 33.7 Å². The Morgan fingerprint density at radius 1 is 1.24 bits per heavy atom. The molecule has 2 aromatic heterocycles. The summed E-state index contributed by atoms with van der Waals surface area (Å²) < 4.78 is 2.17.